The minimum absolute atomic E-state index is 0.0308. The summed E-state index contributed by atoms with van der Waals surface area (Å²) in [6, 6.07) is 3.93. The first kappa shape index (κ1) is 18.7. The molecule has 0 aromatic heterocycles. The second kappa shape index (κ2) is 7.96. The van der Waals surface area contributed by atoms with Gasteiger partial charge >= 0.3 is 5.97 Å². The van der Waals surface area contributed by atoms with Crippen LogP contribution in [0.3, 0.4) is 0 Å². The van der Waals surface area contributed by atoms with Gasteiger partial charge in [0.15, 0.2) is 0 Å². The summed E-state index contributed by atoms with van der Waals surface area (Å²) in [6.45, 7) is 2.25. The Kier molecular flexibility index (Phi) is 6.20. The van der Waals surface area contributed by atoms with Gasteiger partial charge in [-0.1, -0.05) is 12.8 Å². The fourth-order valence-corrected chi connectivity index (χ4v) is 4.21. The first-order valence-electron chi connectivity index (χ1n) is 7.98. The SMILES string of the molecule is COC[C@@H](C)Nc1ccc(S(=O)(=O)NC2CCCC2)cc1C(=O)O. The zero-order valence-corrected chi connectivity index (χ0v) is 14.7. The van der Waals surface area contributed by atoms with Crippen LogP contribution in [0.15, 0.2) is 23.1 Å². The predicted molar refractivity (Wildman–Crippen MR) is 90.9 cm³/mol. The highest BCUT2D eigenvalue weighted by Crippen LogP contribution is 2.24. The first-order valence-corrected chi connectivity index (χ1v) is 9.47. The molecular weight excluding hydrogens is 332 g/mol. The quantitative estimate of drug-likeness (QED) is 0.658. The number of anilines is 1. The first-order chi connectivity index (χ1) is 11.3. The van der Waals surface area contributed by atoms with Crippen LogP contribution in [0, 0.1) is 0 Å². The van der Waals surface area contributed by atoms with Crippen molar-refractivity contribution in [2.24, 2.45) is 0 Å². The van der Waals surface area contributed by atoms with E-state index in [1.54, 1.807) is 7.11 Å². The number of sulfonamides is 1. The van der Waals surface area contributed by atoms with E-state index in [4.69, 9.17) is 4.74 Å². The fraction of sp³-hybridized carbons (Fsp3) is 0.562. The van der Waals surface area contributed by atoms with E-state index in [-0.39, 0.29) is 22.5 Å². The summed E-state index contributed by atoms with van der Waals surface area (Å²) < 4.78 is 32.6. The molecule has 0 unspecified atom stereocenters. The van der Waals surface area contributed by atoms with Crippen LogP contribution in [-0.2, 0) is 14.8 Å². The van der Waals surface area contributed by atoms with Gasteiger partial charge in [0, 0.05) is 24.9 Å². The lowest BCUT2D eigenvalue weighted by Gasteiger charge is -2.17. The molecule has 2 rings (SSSR count). The Balaban J connectivity index is 2.25. The van der Waals surface area contributed by atoms with Crippen LogP contribution in [-0.4, -0.2) is 45.3 Å². The van der Waals surface area contributed by atoms with Crippen molar-refractivity contribution in [3.63, 3.8) is 0 Å². The van der Waals surface area contributed by atoms with E-state index < -0.39 is 16.0 Å². The summed E-state index contributed by atoms with van der Waals surface area (Å²) in [7, 11) is -2.16. The molecule has 1 fully saturated rings. The molecule has 0 saturated heterocycles. The van der Waals surface area contributed by atoms with Crippen LogP contribution in [0.1, 0.15) is 43.0 Å². The standard InChI is InChI=1S/C16H24N2O5S/c1-11(10-23-2)17-15-8-7-13(9-14(15)16(19)20)24(21,22)18-12-5-3-4-6-12/h7-9,11-12,17-18H,3-6,10H2,1-2H3,(H,19,20)/t11-/m1/s1. The van der Waals surface area contributed by atoms with Gasteiger partial charge in [0.05, 0.1) is 17.1 Å². The molecule has 1 aliphatic carbocycles. The van der Waals surface area contributed by atoms with Gasteiger partial charge in [0.1, 0.15) is 0 Å². The van der Waals surface area contributed by atoms with Crippen LogP contribution in [0.4, 0.5) is 5.69 Å². The number of benzene rings is 1. The average molecular weight is 356 g/mol. The number of rotatable bonds is 8. The van der Waals surface area contributed by atoms with Crippen molar-refractivity contribution in [3.05, 3.63) is 23.8 Å². The van der Waals surface area contributed by atoms with Gasteiger partial charge in [-0.25, -0.2) is 17.9 Å². The molecule has 7 nitrogen and oxygen atoms in total. The molecule has 0 heterocycles. The smallest absolute Gasteiger partial charge is 0.337 e. The molecule has 0 bridgehead atoms. The number of aromatic carboxylic acids is 1. The van der Waals surface area contributed by atoms with E-state index in [0.29, 0.717) is 12.3 Å². The van der Waals surface area contributed by atoms with E-state index in [1.807, 2.05) is 6.92 Å². The van der Waals surface area contributed by atoms with Gasteiger partial charge in [0.25, 0.3) is 0 Å². The summed E-state index contributed by atoms with van der Waals surface area (Å²) in [5.74, 6) is -1.18. The zero-order chi connectivity index (χ0) is 17.7. The maximum Gasteiger partial charge on any atom is 0.337 e. The molecule has 24 heavy (non-hydrogen) atoms. The van der Waals surface area contributed by atoms with Crippen LogP contribution in [0.2, 0.25) is 0 Å². The van der Waals surface area contributed by atoms with E-state index in [0.717, 1.165) is 25.7 Å². The van der Waals surface area contributed by atoms with Crippen molar-refractivity contribution < 1.29 is 23.1 Å². The minimum Gasteiger partial charge on any atom is -0.478 e. The maximum absolute atomic E-state index is 12.5. The summed E-state index contributed by atoms with van der Waals surface area (Å²) >= 11 is 0. The number of hydrogen-bond donors (Lipinski definition) is 3. The Morgan fingerprint density at radius 2 is 2.04 bits per heavy atom. The molecule has 8 heteroatoms. The number of methoxy groups -OCH3 is 1. The second-order valence-corrected chi connectivity index (χ2v) is 7.83. The van der Waals surface area contributed by atoms with Crippen molar-refractivity contribution >= 4 is 21.7 Å². The Hall–Kier alpha value is -1.64. The van der Waals surface area contributed by atoms with E-state index in [9.17, 15) is 18.3 Å². The molecule has 0 radical (unpaired) electrons. The topological polar surface area (TPSA) is 105 Å². The number of ether oxygens (including phenoxy) is 1. The number of nitrogens with one attached hydrogen (secondary N) is 2. The van der Waals surface area contributed by atoms with Crippen LogP contribution >= 0.6 is 0 Å². The number of carbonyl (C=O) groups is 1. The predicted octanol–water partition coefficient (Wildman–Crippen LogP) is 2.05. The Labute approximate surface area is 142 Å². The van der Waals surface area contributed by atoms with Crippen LogP contribution < -0.4 is 10.0 Å². The number of carboxylic acid groups (broad SMARTS) is 1. The largest absolute Gasteiger partial charge is 0.478 e. The molecule has 0 spiro atoms. The molecule has 134 valence electrons. The van der Waals surface area contributed by atoms with Gasteiger partial charge in [-0.05, 0) is 38.0 Å². The number of hydrogen-bond acceptors (Lipinski definition) is 5. The summed E-state index contributed by atoms with van der Waals surface area (Å²) in [6.07, 6.45) is 3.65. The molecule has 1 aromatic rings. The highest BCUT2D eigenvalue weighted by molar-refractivity contribution is 7.89. The molecule has 3 N–H and O–H groups in total. The number of carboxylic acids is 1. The third-order valence-corrected chi connectivity index (χ3v) is 5.55. The van der Waals surface area contributed by atoms with Crippen LogP contribution in [0.5, 0.6) is 0 Å². The van der Waals surface area contributed by atoms with Crippen molar-refractivity contribution in [2.45, 2.75) is 49.6 Å². The Morgan fingerprint density at radius 3 is 2.62 bits per heavy atom. The van der Waals surface area contributed by atoms with Crippen LogP contribution in [0.25, 0.3) is 0 Å². The summed E-state index contributed by atoms with van der Waals surface area (Å²) in [5, 5.41) is 12.4. The van der Waals surface area contributed by atoms with Crippen molar-refractivity contribution in [1.82, 2.24) is 4.72 Å². The molecule has 1 saturated carbocycles. The Bertz CT molecular complexity index is 684. The van der Waals surface area contributed by atoms with Gasteiger partial charge in [0.2, 0.25) is 10.0 Å². The fourth-order valence-electron chi connectivity index (χ4n) is 2.88. The molecule has 1 aliphatic rings. The Morgan fingerprint density at radius 1 is 1.38 bits per heavy atom. The second-order valence-electron chi connectivity index (χ2n) is 6.12. The van der Waals surface area contributed by atoms with E-state index in [2.05, 4.69) is 10.0 Å². The maximum atomic E-state index is 12.5. The van der Waals surface area contributed by atoms with Gasteiger partial charge < -0.3 is 15.2 Å². The molecular formula is C16H24N2O5S. The lowest BCUT2D eigenvalue weighted by atomic mass is 10.1. The minimum atomic E-state index is -3.72. The van der Waals surface area contributed by atoms with Gasteiger partial charge in [-0.2, -0.15) is 0 Å². The van der Waals surface area contributed by atoms with E-state index >= 15 is 0 Å². The van der Waals surface area contributed by atoms with Crippen molar-refractivity contribution in [3.8, 4) is 0 Å². The highest BCUT2D eigenvalue weighted by Gasteiger charge is 2.24. The molecule has 0 aliphatic heterocycles. The van der Waals surface area contributed by atoms with Gasteiger partial charge in [-0.3, -0.25) is 0 Å². The third-order valence-electron chi connectivity index (χ3n) is 4.03. The van der Waals surface area contributed by atoms with Crippen molar-refractivity contribution in [1.29, 1.82) is 0 Å². The zero-order valence-electron chi connectivity index (χ0n) is 13.9. The molecule has 1 atom stereocenters. The molecule has 1 aromatic carbocycles. The third kappa shape index (κ3) is 4.68. The monoisotopic (exact) mass is 356 g/mol. The van der Waals surface area contributed by atoms with Gasteiger partial charge in [-0.15, -0.1) is 0 Å². The average Bonchev–Trinajstić information content (AvgIpc) is 2.99. The lowest BCUT2D eigenvalue weighted by molar-refractivity contribution is 0.0697. The summed E-state index contributed by atoms with van der Waals surface area (Å²) in [5.41, 5.74) is 0.291. The van der Waals surface area contributed by atoms with E-state index in [1.165, 1.54) is 18.2 Å². The highest BCUT2D eigenvalue weighted by atomic mass is 32.2. The lowest BCUT2D eigenvalue weighted by Crippen LogP contribution is -2.32. The summed E-state index contributed by atoms with van der Waals surface area (Å²) in [4.78, 5) is 11.5. The molecule has 0 amide bonds. The van der Waals surface area contributed by atoms with Crippen molar-refractivity contribution in [2.75, 3.05) is 19.0 Å². The normalized spacial score (nSPS) is 16.9.